The summed E-state index contributed by atoms with van der Waals surface area (Å²) in [6, 6.07) is 0. The Hall–Kier alpha value is -0.570. The average Bonchev–Trinajstić information content (AvgIpc) is 2.69. The molecule has 1 saturated carbocycles. The van der Waals surface area contributed by atoms with Gasteiger partial charge in [0, 0.05) is 0 Å². The van der Waals surface area contributed by atoms with Gasteiger partial charge in [0.25, 0.3) is 0 Å². The lowest BCUT2D eigenvalue weighted by molar-refractivity contribution is -0.106. The minimum Gasteiger partial charge on any atom is -0.372 e. The fourth-order valence-electron chi connectivity index (χ4n) is 1.65. The van der Waals surface area contributed by atoms with Crippen molar-refractivity contribution in [3.8, 4) is 0 Å². The molecule has 2 fully saturated rings. The predicted octanol–water partition coefficient (Wildman–Crippen LogP) is 0.107. The Kier molecular flexibility index (Phi) is 3.36. The van der Waals surface area contributed by atoms with Crippen LogP contribution in [0.2, 0.25) is 0 Å². The lowest BCUT2D eigenvalue weighted by atomic mass is 10.0. The van der Waals surface area contributed by atoms with Crippen molar-refractivity contribution in [1.82, 2.24) is 5.32 Å². The van der Waals surface area contributed by atoms with Crippen LogP contribution in [0.15, 0.2) is 0 Å². The second kappa shape index (κ2) is 4.34. The minimum atomic E-state index is 0.250. The van der Waals surface area contributed by atoms with Crippen LogP contribution in [0.3, 0.4) is 0 Å². The van der Waals surface area contributed by atoms with E-state index in [2.05, 4.69) is 11.1 Å². The van der Waals surface area contributed by atoms with Gasteiger partial charge in [-0.05, 0) is 44.2 Å². The van der Waals surface area contributed by atoms with Gasteiger partial charge in [-0.1, -0.05) is 0 Å². The molecule has 1 saturated heterocycles. The summed E-state index contributed by atoms with van der Waals surface area (Å²) in [5, 5.41) is 3.39. The third kappa shape index (κ3) is 2.89. The lowest BCUT2D eigenvalue weighted by Gasteiger charge is -2.01. The molecule has 2 aliphatic rings. The van der Waals surface area contributed by atoms with E-state index in [1.54, 1.807) is 0 Å². The number of nitrogens with two attached hydrogens (primary N) is 1. The van der Waals surface area contributed by atoms with Crippen LogP contribution >= 0.6 is 0 Å². The summed E-state index contributed by atoms with van der Waals surface area (Å²) >= 11 is 0. The molecule has 1 aliphatic carbocycles. The third-order valence-electron chi connectivity index (χ3n) is 2.39. The zero-order valence-electron chi connectivity index (χ0n) is 6.75. The summed E-state index contributed by atoms with van der Waals surface area (Å²) in [5.74, 6) is 2.19. The molecule has 0 aromatic heterocycles. The van der Waals surface area contributed by atoms with E-state index in [9.17, 15) is 0 Å². The van der Waals surface area contributed by atoms with Crippen molar-refractivity contribution in [2.45, 2.75) is 19.3 Å². The van der Waals surface area contributed by atoms with Crippen LogP contribution in [0.4, 0.5) is 0 Å². The second-order valence-corrected chi connectivity index (χ2v) is 3.23. The number of primary amides is 1. The van der Waals surface area contributed by atoms with Crippen molar-refractivity contribution in [1.29, 1.82) is 0 Å². The van der Waals surface area contributed by atoms with Gasteiger partial charge < -0.3 is 11.1 Å². The Labute approximate surface area is 67.3 Å². The standard InChI is InChI=1S/C7H13N.CH3NO/c1-2-6(1)7-3-4-8-5-7;2-1-3/h6-8H,1-5H2;1H,(H2,2,3). The first-order chi connectivity index (χ1) is 5.38. The zero-order valence-corrected chi connectivity index (χ0v) is 6.75. The molecule has 64 valence electrons. The SMILES string of the molecule is C1CC(C2CC2)CN1.NC=O. The number of nitrogens with one attached hydrogen (secondary N) is 1. The summed E-state index contributed by atoms with van der Waals surface area (Å²) in [7, 11) is 0. The molecule has 3 heteroatoms. The molecule has 0 aromatic rings. The molecule has 1 atom stereocenters. The Bertz CT molecular complexity index is 117. The first kappa shape index (κ1) is 8.53. The van der Waals surface area contributed by atoms with Crippen molar-refractivity contribution in [3.05, 3.63) is 0 Å². The Balaban J connectivity index is 0.000000179. The molecule has 3 N–H and O–H groups in total. The van der Waals surface area contributed by atoms with Gasteiger partial charge in [-0.25, -0.2) is 0 Å². The number of carbonyl (C=O) groups is 1. The van der Waals surface area contributed by atoms with E-state index in [1.807, 2.05) is 0 Å². The molecule has 0 bridgehead atoms. The van der Waals surface area contributed by atoms with Gasteiger partial charge in [0.05, 0.1) is 0 Å². The van der Waals surface area contributed by atoms with Gasteiger partial charge in [0.2, 0.25) is 6.41 Å². The molecule has 1 heterocycles. The molecule has 11 heavy (non-hydrogen) atoms. The normalized spacial score (nSPS) is 28.9. The topological polar surface area (TPSA) is 55.1 Å². The van der Waals surface area contributed by atoms with Crippen LogP contribution in [0.1, 0.15) is 19.3 Å². The van der Waals surface area contributed by atoms with Crippen LogP contribution in [0.5, 0.6) is 0 Å². The third-order valence-corrected chi connectivity index (χ3v) is 2.39. The number of amides is 1. The highest BCUT2D eigenvalue weighted by Crippen LogP contribution is 2.39. The van der Waals surface area contributed by atoms with Gasteiger partial charge in [-0.2, -0.15) is 0 Å². The van der Waals surface area contributed by atoms with E-state index in [0.29, 0.717) is 0 Å². The highest BCUT2D eigenvalue weighted by Gasteiger charge is 2.32. The van der Waals surface area contributed by atoms with Gasteiger partial charge in [-0.15, -0.1) is 0 Å². The lowest BCUT2D eigenvalue weighted by Crippen LogP contribution is -2.09. The van der Waals surface area contributed by atoms with E-state index in [1.165, 1.54) is 32.4 Å². The fourth-order valence-corrected chi connectivity index (χ4v) is 1.65. The van der Waals surface area contributed by atoms with E-state index in [0.717, 1.165) is 11.8 Å². The van der Waals surface area contributed by atoms with Crippen LogP contribution in [-0.4, -0.2) is 19.5 Å². The van der Waals surface area contributed by atoms with Gasteiger partial charge in [0.15, 0.2) is 0 Å². The number of carbonyl (C=O) groups excluding carboxylic acids is 1. The first-order valence-electron chi connectivity index (χ1n) is 4.24. The van der Waals surface area contributed by atoms with Crippen molar-refractivity contribution in [2.24, 2.45) is 17.6 Å². The number of rotatable bonds is 1. The maximum Gasteiger partial charge on any atom is 0.204 e. The molecule has 1 amide bonds. The molecule has 1 unspecified atom stereocenters. The van der Waals surface area contributed by atoms with Crippen molar-refractivity contribution in [3.63, 3.8) is 0 Å². The van der Waals surface area contributed by atoms with Gasteiger partial charge in [-0.3, -0.25) is 4.79 Å². The van der Waals surface area contributed by atoms with Crippen LogP contribution < -0.4 is 11.1 Å². The number of hydrogen-bond acceptors (Lipinski definition) is 2. The van der Waals surface area contributed by atoms with Crippen molar-refractivity contribution in [2.75, 3.05) is 13.1 Å². The van der Waals surface area contributed by atoms with Gasteiger partial charge in [0.1, 0.15) is 0 Å². The van der Waals surface area contributed by atoms with Crippen molar-refractivity contribution >= 4 is 6.41 Å². The second-order valence-electron chi connectivity index (χ2n) is 3.23. The Morgan fingerprint density at radius 3 is 2.27 bits per heavy atom. The number of hydrogen-bond donors (Lipinski definition) is 2. The first-order valence-corrected chi connectivity index (χ1v) is 4.24. The minimum absolute atomic E-state index is 0.250. The molecule has 2 rings (SSSR count). The van der Waals surface area contributed by atoms with Crippen LogP contribution in [0.25, 0.3) is 0 Å². The van der Waals surface area contributed by atoms with E-state index < -0.39 is 0 Å². The Morgan fingerprint density at radius 2 is 1.91 bits per heavy atom. The molecule has 0 aromatic carbocycles. The van der Waals surface area contributed by atoms with Crippen LogP contribution in [0, 0.1) is 11.8 Å². The molecule has 3 nitrogen and oxygen atoms in total. The quantitative estimate of drug-likeness (QED) is 0.529. The van der Waals surface area contributed by atoms with Crippen LogP contribution in [-0.2, 0) is 4.79 Å². The van der Waals surface area contributed by atoms with Gasteiger partial charge >= 0.3 is 0 Å². The Morgan fingerprint density at radius 1 is 1.27 bits per heavy atom. The summed E-state index contributed by atoms with van der Waals surface area (Å²) in [6.07, 6.45) is 4.74. The maximum atomic E-state index is 8.58. The predicted molar refractivity (Wildman–Crippen MR) is 44.0 cm³/mol. The highest BCUT2D eigenvalue weighted by atomic mass is 16.1. The van der Waals surface area contributed by atoms with Crippen molar-refractivity contribution < 1.29 is 4.79 Å². The van der Waals surface area contributed by atoms with E-state index in [-0.39, 0.29) is 6.41 Å². The maximum absolute atomic E-state index is 8.58. The fraction of sp³-hybridized carbons (Fsp3) is 0.875. The summed E-state index contributed by atoms with van der Waals surface area (Å²) in [6.45, 7) is 2.59. The van der Waals surface area contributed by atoms with E-state index >= 15 is 0 Å². The molecule has 1 aliphatic heterocycles. The monoisotopic (exact) mass is 156 g/mol. The summed E-state index contributed by atoms with van der Waals surface area (Å²) in [4.78, 5) is 8.58. The van der Waals surface area contributed by atoms with E-state index in [4.69, 9.17) is 4.79 Å². The summed E-state index contributed by atoms with van der Waals surface area (Å²) < 4.78 is 0. The molecule has 0 radical (unpaired) electrons. The average molecular weight is 156 g/mol. The molecule has 0 spiro atoms. The molecular formula is C8H16N2O. The summed E-state index contributed by atoms with van der Waals surface area (Å²) in [5.41, 5.74) is 4.17. The highest BCUT2D eigenvalue weighted by molar-refractivity contribution is 5.42. The zero-order chi connectivity index (χ0) is 8.10. The molecular weight excluding hydrogens is 140 g/mol. The smallest absolute Gasteiger partial charge is 0.204 e. The largest absolute Gasteiger partial charge is 0.372 e.